The molecule has 0 N–H and O–H groups in total. The Balaban J connectivity index is 1.37. The number of rotatable bonds is 4. The van der Waals surface area contributed by atoms with Crippen molar-refractivity contribution in [2.24, 2.45) is 0 Å². The summed E-state index contributed by atoms with van der Waals surface area (Å²) in [5.41, 5.74) is 3.32. The summed E-state index contributed by atoms with van der Waals surface area (Å²) in [5, 5.41) is 3.91. The van der Waals surface area contributed by atoms with Crippen molar-refractivity contribution in [3.8, 4) is 11.1 Å². The van der Waals surface area contributed by atoms with E-state index in [1.165, 1.54) is 17.7 Å². The first-order valence-corrected chi connectivity index (χ1v) is 11.1. The van der Waals surface area contributed by atoms with E-state index in [0.717, 1.165) is 64.9 Å². The van der Waals surface area contributed by atoms with E-state index in [0.29, 0.717) is 0 Å². The molecule has 0 unspecified atom stereocenters. The molecule has 0 spiro atoms. The van der Waals surface area contributed by atoms with Crippen LogP contribution < -0.4 is 4.90 Å². The number of fused-ring (bicyclic) bond motifs is 1. The topological polar surface area (TPSA) is 32.3 Å². The fourth-order valence-electron chi connectivity index (χ4n) is 3.91. The Bertz CT molecular complexity index is 1150. The van der Waals surface area contributed by atoms with E-state index < -0.39 is 0 Å². The third kappa shape index (κ3) is 3.90. The Morgan fingerprint density at radius 3 is 2.40 bits per heavy atom. The molecule has 0 radical (unpaired) electrons. The quantitative estimate of drug-likeness (QED) is 0.422. The number of hydrogen-bond acceptors (Lipinski definition) is 5. The third-order valence-electron chi connectivity index (χ3n) is 5.50. The first-order valence-electron chi connectivity index (χ1n) is 9.87. The highest BCUT2D eigenvalue weighted by molar-refractivity contribution is 7.17. The van der Waals surface area contributed by atoms with Crippen LogP contribution in [-0.4, -0.2) is 41.0 Å². The molecule has 2 aromatic carbocycles. The molecule has 30 heavy (non-hydrogen) atoms. The van der Waals surface area contributed by atoms with Gasteiger partial charge in [0, 0.05) is 48.7 Å². The van der Waals surface area contributed by atoms with Gasteiger partial charge in [0.25, 0.3) is 0 Å². The molecular weight excluding hydrogens is 419 g/mol. The van der Waals surface area contributed by atoms with Gasteiger partial charge in [0.1, 0.15) is 22.8 Å². The van der Waals surface area contributed by atoms with E-state index in [2.05, 4.69) is 37.3 Å². The molecule has 5 rings (SSSR count). The number of anilines is 1. The lowest BCUT2D eigenvalue weighted by Crippen LogP contribution is -2.46. The van der Waals surface area contributed by atoms with Gasteiger partial charge in [0.2, 0.25) is 0 Å². The van der Waals surface area contributed by atoms with Crippen molar-refractivity contribution in [2.75, 3.05) is 31.1 Å². The maximum atomic E-state index is 13.4. The minimum atomic E-state index is -0.230. The lowest BCUT2D eigenvalue weighted by Gasteiger charge is -2.35. The van der Waals surface area contributed by atoms with E-state index in [1.54, 1.807) is 17.7 Å². The molecule has 1 saturated heterocycles. The molecule has 1 aliphatic rings. The smallest absolute Gasteiger partial charge is 0.141 e. The van der Waals surface area contributed by atoms with Crippen molar-refractivity contribution >= 4 is 39.0 Å². The van der Waals surface area contributed by atoms with Gasteiger partial charge < -0.3 is 4.90 Å². The largest absolute Gasteiger partial charge is 0.353 e. The second-order valence-corrected chi connectivity index (χ2v) is 8.72. The summed E-state index contributed by atoms with van der Waals surface area (Å²) in [4.78, 5) is 14.9. The molecule has 1 aliphatic heterocycles. The van der Waals surface area contributed by atoms with Crippen LogP contribution in [0.5, 0.6) is 0 Å². The predicted molar refractivity (Wildman–Crippen MR) is 122 cm³/mol. The first-order chi connectivity index (χ1) is 14.7. The lowest BCUT2D eigenvalue weighted by atomic mass is 10.1. The van der Waals surface area contributed by atoms with Gasteiger partial charge >= 0.3 is 0 Å². The normalized spacial score (nSPS) is 15.1. The van der Waals surface area contributed by atoms with Crippen molar-refractivity contribution in [1.82, 2.24) is 14.9 Å². The number of aromatic nitrogens is 2. The Labute approximate surface area is 183 Å². The molecule has 0 saturated carbocycles. The average molecular weight is 439 g/mol. The van der Waals surface area contributed by atoms with Crippen LogP contribution in [0.15, 0.2) is 60.2 Å². The molecule has 152 valence electrons. The number of halogens is 2. The molecule has 3 heterocycles. The van der Waals surface area contributed by atoms with Crippen LogP contribution in [0.25, 0.3) is 21.3 Å². The molecule has 4 aromatic rings. The minimum Gasteiger partial charge on any atom is -0.353 e. The number of piperazine rings is 1. The van der Waals surface area contributed by atoms with Crippen LogP contribution in [0.1, 0.15) is 5.56 Å². The minimum absolute atomic E-state index is 0.230. The van der Waals surface area contributed by atoms with E-state index in [1.807, 2.05) is 24.3 Å². The van der Waals surface area contributed by atoms with Gasteiger partial charge in [-0.3, -0.25) is 4.90 Å². The third-order valence-corrected chi connectivity index (χ3v) is 6.64. The summed E-state index contributed by atoms with van der Waals surface area (Å²) in [6, 6.07) is 14.7. The second-order valence-electron chi connectivity index (χ2n) is 7.42. The van der Waals surface area contributed by atoms with Crippen LogP contribution in [0.3, 0.4) is 0 Å². The zero-order valence-corrected chi connectivity index (χ0v) is 17.8. The van der Waals surface area contributed by atoms with Gasteiger partial charge in [-0.25, -0.2) is 14.4 Å². The monoisotopic (exact) mass is 438 g/mol. The maximum Gasteiger partial charge on any atom is 0.141 e. The number of nitrogens with zero attached hydrogens (tertiary/aromatic N) is 4. The second kappa shape index (κ2) is 8.30. The summed E-state index contributed by atoms with van der Waals surface area (Å²) >= 11 is 7.60. The highest BCUT2D eigenvalue weighted by Gasteiger charge is 2.22. The van der Waals surface area contributed by atoms with Crippen LogP contribution in [0, 0.1) is 5.82 Å². The van der Waals surface area contributed by atoms with E-state index in [4.69, 9.17) is 11.6 Å². The molecule has 0 atom stereocenters. The van der Waals surface area contributed by atoms with Crippen molar-refractivity contribution < 1.29 is 4.39 Å². The number of benzene rings is 2. The summed E-state index contributed by atoms with van der Waals surface area (Å²) in [6.45, 7) is 4.65. The highest BCUT2D eigenvalue weighted by Crippen LogP contribution is 2.38. The zero-order chi connectivity index (χ0) is 20.5. The predicted octanol–water partition coefficient (Wildman–Crippen LogP) is 5.47. The van der Waals surface area contributed by atoms with Gasteiger partial charge in [0.15, 0.2) is 0 Å². The van der Waals surface area contributed by atoms with Gasteiger partial charge in [-0.2, -0.15) is 0 Å². The zero-order valence-electron chi connectivity index (χ0n) is 16.3. The molecule has 7 heteroatoms. The van der Waals surface area contributed by atoms with Gasteiger partial charge in [0.05, 0.1) is 5.39 Å². The van der Waals surface area contributed by atoms with Crippen molar-refractivity contribution in [2.45, 2.75) is 6.54 Å². The average Bonchev–Trinajstić information content (AvgIpc) is 3.21. The number of thiophene rings is 1. The Kier molecular flexibility index (Phi) is 5.37. The van der Waals surface area contributed by atoms with Crippen molar-refractivity contribution in [3.05, 3.63) is 76.6 Å². The first kappa shape index (κ1) is 19.4. The molecule has 0 amide bonds. The molecule has 4 nitrogen and oxygen atoms in total. The van der Waals surface area contributed by atoms with Crippen LogP contribution >= 0.6 is 22.9 Å². The standard InChI is InChI=1S/C23H20ClFN4S/c24-18-5-1-16(2-6-18)13-28-9-11-29(12-10-28)22-21-20(14-30-23(21)27-15-26-22)17-3-7-19(25)8-4-17/h1-8,14-15H,9-13H2. The fourth-order valence-corrected chi connectivity index (χ4v) is 4.94. The van der Waals surface area contributed by atoms with Crippen LogP contribution in [0.4, 0.5) is 10.2 Å². The van der Waals surface area contributed by atoms with Gasteiger partial charge in [-0.15, -0.1) is 11.3 Å². The molecule has 0 bridgehead atoms. The molecular formula is C23H20ClFN4S. The fraction of sp³-hybridized carbons (Fsp3) is 0.217. The van der Waals surface area contributed by atoms with Crippen LogP contribution in [0.2, 0.25) is 5.02 Å². The summed E-state index contributed by atoms with van der Waals surface area (Å²) < 4.78 is 13.4. The van der Waals surface area contributed by atoms with E-state index in [-0.39, 0.29) is 5.82 Å². The summed E-state index contributed by atoms with van der Waals surface area (Å²) in [6.07, 6.45) is 1.64. The Morgan fingerprint density at radius 1 is 0.933 bits per heavy atom. The summed E-state index contributed by atoms with van der Waals surface area (Å²) in [5.74, 6) is 0.735. The van der Waals surface area contributed by atoms with E-state index >= 15 is 0 Å². The van der Waals surface area contributed by atoms with Gasteiger partial charge in [-0.1, -0.05) is 35.9 Å². The number of hydrogen-bond donors (Lipinski definition) is 0. The Hall–Kier alpha value is -2.54. The maximum absolute atomic E-state index is 13.4. The molecule has 2 aromatic heterocycles. The van der Waals surface area contributed by atoms with E-state index in [9.17, 15) is 4.39 Å². The molecule has 0 aliphatic carbocycles. The highest BCUT2D eigenvalue weighted by atomic mass is 35.5. The Morgan fingerprint density at radius 2 is 1.67 bits per heavy atom. The van der Waals surface area contributed by atoms with Gasteiger partial charge in [-0.05, 0) is 35.4 Å². The lowest BCUT2D eigenvalue weighted by molar-refractivity contribution is 0.249. The SMILES string of the molecule is Fc1ccc(-c2csc3ncnc(N4CCN(Cc5ccc(Cl)cc5)CC4)c23)cc1. The van der Waals surface area contributed by atoms with Crippen molar-refractivity contribution in [1.29, 1.82) is 0 Å². The summed E-state index contributed by atoms with van der Waals surface area (Å²) in [7, 11) is 0. The van der Waals surface area contributed by atoms with Crippen molar-refractivity contribution in [3.63, 3.8) is 0 Å². The molecule has 1 fully saturated rings. The van der Waals surface area contributed by atoms with Crippen LogP contribution in [-0.2, 0) is 6.54 Å².